The van der Waals surface area contributed by atoms with Crippen molar-refractivity contribution in [3.8, 4) is 0 Å². The highest BCUT2D eigenvalue weighted by Crippen LogP contribution is 2.18. The highest BCUT2D eigenvalue weighted by Gasteiger charge is 2.43. The van der Waals surface area contributed by atoms with Crippen LogP contribution < -0.4 is 0 Å². The lowest BCUT2D eigenvalue weighted by atomic mass is 10.1. The van der Waals surface area contributed by atoms with Crippen LogP contribution in [-0.2, 0) is 19.1 Å². The summed E-state index contributed by atoms with van der Waals surface area (Å²) in [6.45, 7) is 5.89. The lowest BCUT2D eigenvalue weighted by Crippen LogP contribution is -2.28. The van der Waals surface area contributed by atoms with Crippen LogP contribution in [0.5, 0.6) is 0 Å². The average molecular weight is 401 g/mol. The van der Waals surface area contributed by atoms with Crippen molar-refractivity contribution in [1.29, 1.82) is 0 Å². The summed E-state index contributed by atoms with van der Waals surface area (Å²) in [4.78, 5) is 23.7. The van der Waals surface area contributed by atoms with Crippen LogP contribution in [0, 0.1) is 0 Å². The minimum absolute atomic E-state index is 0.162. The van der Waals surface area contributed by atoms with Gasteiger partial charge in [-0.1, -0.05) is 74.4 Å². The first-order valence-electron chi connectivity index (χ1n) is 10.8. The Kier molecular flexibility index (Phi) is 14.3. The Morgan fingerprint density at radius 3 is 2.07 bits per heavy atom. The predicted molar refractivity (Wildman–Crippen MR) is 119 cm³/mol. The third-order valence-electron chi connectivity index (χ3n) is 4.48. The lowest BCUT2D eigenvalue weighted by molar-refractivity contribution is -0.149. The molecule has 2 atom stereocenters. The first-order valence-corrected chi connectivity index (χ1v) is 10.8. The van der Waals surface area contributed by atoms with Crippen molar-refractivity contribution in [2.45, 2.75) is 76.9 Å². The van der Waals surface area contributed by atoms with Gasteiger partial charge >= 0.3 is 5.97 Å². The van der Waals surface area contributed by atoms with E-state index in [4.69, 9.17) is 9.47 Å². The normalized spacial score (nSPS) is 20.0. The zero-order chi connectivity index (χ0) is 21.2. The number of Topliss-reactive ketones (excluding diaryl/α,β-unsaturated/α-hetero) is 1. The second kappa shape index (κ2) is 16.7. The minimum Gasteiger partial charge on any atom is -0.452 e. The first-order chi connectivity index (χ1) is 14.2. The Balaban J connectivity index is 2.07. The Morgan fingerprint density at radius 2 is 1.48 bits per heavy atom. The fourth-order valence-corrected chi connectivity index (χ4v) is 2.87. The van der Waals surface area contributed by atoms with Crippen LogP contribution in [0.25, 0.3) is 0 Å². The van der Waals surface area contributed by atoms with E-state index in [9.17, 15) is 9.59 Å². The van der Waals surface area contributed by atoms with Gasteiger partial charge in [-0.25, -0.2) is 4.79 Å². The van der Waals surface area contributed by atoms with Crippen LogP contribution in [-0.4, -0.2) is 30.6 Å². The predicted octanol–water partition coefficient (Wildman–Crippen LogP) is 5.81. The van der Waals surface area contributed by atoms with Crippen molar-refractivity contribution >= 4 is 11.8 Å². The maximum absolute atomic E-state index is 12.1. The topological polar surface area (TPSA) is 52.6 Å². The molecule has 1 heterocycles. The molecule has 1 unspecified atom stereocenters. The molecule has 0 N–H and O–H groups in total. The van der Waals surface area contributed by atoms with E-state index in [1.54, 1.807) is 0 Å². The van der Waals surface area contributed by atoms with Gasteiger partial charge < -0.3 is 9.47 Å². The van der Waals surface area contributed by atoms with Gasteiger partial charge in [-0.3, -0.25) is 4.79 Å². The van der Waals surface area contributed by atoms with Crippen LogP contribution >= 0.6 is 0 Å². The fraction of sp³-hybridized carbons (Fsp3) is 0.520. The van der Waals surface area contributed by atoms with Crippen LogP contribution in [0.1, 0.15) is 64.7 Å². The molecule has 0 saturated carbocycles. The van der Waals surface area contributed by atoms with Crippen LogP contribution in [0.3, 0.4) is 0 Å². The summed E-state index contributed by atoms with van der Waals surface area (Å²) in [5.41, 5.74) is 0. The van der Waals surface area contributed by atoms with E-state index < -0.39 is 18.2 Å². The molecule has 1 fully saturated rings. The summed E-state index contributed by atoms with van der Waals surface area (Å²) in [6, 6.07) is 0. The van der Waals surface area contributed by atoms with E-state index in [2.05, 4.69) is 56.0 Å². The molecule has 4 nitrogen and oxygen atoms in total. The Morgan fingerprint density at radius 1 is 0.897 bits per heavy atom. The van der Waals surface area contributed by atoms with E-state index in [-0.39, 0.29) is 12.4 Å². The van der Waals surface area contributed by atoms with E-state index >= 15 is 0 Å². The number of carbonyl (C=O) groups is 2. The molecule has 0 aromatic rings. The van der Waals surface area contributed by atoms with Gasteiger partial charge in [0.05, 0.1) is 6.61 Å². The monoisotopic (exact) mass is 400 g/mol. The average Bonchev–Trinajstić information content (AvgIpc) is 2.99. The lowest BCUT2D eigenvalue weighted by Gasteiger charge is -2.05. The zero-order valence-electron chi connectivity index (χ0n) is 17.8. The van der Waals surface area contributed by atoms with Crippen molar-refractivity contribution in [1.82, 2.24) is 0 Å². The van der Waals surface area contributed by atoms with Crippen molar-refractivity contribution in [3.05, 3.63) is 61.3 Å². The molecule has 1 aliphatic rings. The second-order valence-electron chi connectivity index (χ2n) is 7.00. The maximum Gasteiger partial charge on any atom is 0.343 e. The Bertz CT molecular complexity index is 598. The molecule has 1 rings (SSSR count). The fourth-order valence-electron chi connectivity index (χ4n) is 2.87. The van der Waals surface area contributed by atoms with Gasteiger partial charge in [0.15, 0.2) is 6.10 Å². The molecule has 160 valence electrons. The number of cyclic esters (lactones) is 1. The first kappa shape index (κ1) is 24.8. The molecule has 0 aromatic heterocycles. The van der Waals surface area contributed by atoms with E-state index in [0.29, 0.717) is 12.8 Å². The Labute approximate surface area is 176 Å². The standard InChI is InChI=1S/C25H36O4/c1-3-5-6-7-8-9-10-11-12-13-14-15-16-17-18-19-20-22-23(26)24(25(27)29-22)28-21-4-2/h4,8-9,11-12,14-15,17-18,22,24H,2-3,5-7,10,13,16,19-21H2,1H3/t22-,24?/m1/s1. The summed E-state index contributed by atoms with van der Waals surface area (Å²) >= 11 is 0. The summed E-state index contributed by atoms with van der Waals surface area (Å²) in [5, 5.41) is 0. The highest BCUT2D eigenvalue weighted by atomic mass is 16.6. The molecule has 0 aliphatic carbocycles. The number of carbonyl (C=O) groups excluding carboxylic acids is 2. The molecule has 29 heavy (non-hydrogen) atoms. The highest BCUT2D eigenvalue weighted by molar-refractivity contribution is 6.09. The third kappa shape index (κ3) is 11.4. The molecule has 0 radical (unpaired) electrons. The number of allylic oxidation sites excluding steroid dienone is 8. The Hall–Kier alpha value is -2.20. The van der Waals surface area contributed by atoms with Crippen LogP contribution in [0.2, 0.25) is 0 Å². The van der Waals surface area contributed by atoms with Gasteiger partial charge in [0.1, 0.15) is 0 Å². The van der Waals surface area contributed by atoms with Gasteiger partial charge in [0, 0.05) is 0 Å². The van der Waals surface area contributed by atoms with Gasteiger partial charge in [0.25, 0.3) is 0 Å². The van der Waals surface area contributed by atoms with Gasteiger partial charge in [-0.2, -0.15) is 0 Å². The van der Waals surface area contributed by atoms with Crippen LogP contribution in [0.4, 0.5) is 0 Å². The van der Waals surface area contributed by atoms with Gasteiger partial charge in [-0.05, 0) is 44.9 Å². The minimum atomic E-state index is -1.09. The molecular weight excluding hydrogens is 364 g/mol. The summed E-state index contributed by atoms with van der Waals surface area (Å²) in [5.74, 6) is -0.874. The van der Waals surface area contributed by atoms with E-state index in [0.717, 1.165) is 19.3 Å². The van der Waals surface area contributed by atoms with Crippen molar-refractivity contribution < 1.29 is 19.1 Å². The summed E-state index contributed by atoms with van der Waals surface area (Å²) < 4.78 is 10.3. The number of unbranched alkanes of at least 4 members (excludes halogenated alkanes) is 3. The number of hydrogen-bond acceptors (Lipinski definition) is 4. The van der Waals surface area contributed by atoms with Crippen molar-refractivity contribution in [3.63, 3.8) is 0 Å². The number of rotatable bonds is 16. The van der Waals surface area contributed by atoms with Gasteiger partial charge in [0.2, 0.25) is 11.9 Å². The SMILES string of the molecule is C=CCOC1C(=O)O[C@H](CCC=CCC=CCC=CCC=CCCCCC)C1=O. The summed E-state index contributed by atoms with van der Waals surface area (Å²) in [6.07, 6.45) is 26.0. The van der Waals surface area contributed by atoms with E-state index in [1.807, 2.05) is 6.08 Å². The third-order valence-corrected chi connectivity index (χ3v) is 4.48. The quantitative estimate of drug-likeness (QED) is 0.142. The molecule has 0 spiro atoms. The molecular formula is C25H36O4. The maximum atomic E-state index is 12.1. The molecule has 1 saturated heterocycles. The number of ether oxygens (including phenoxy) is 2. The van der Waals surface area contributed by atoms with Crippen molar-refractivity contribution in [2.75, 3.05) is 6.61 Å². The van der Waals surface area contributed by atoms with Crippen molar-refractivity contribution in [2.24, 2.45) is 0 Å². The second-order valence-corrected chi connectivity index (χ2v) is 7.00. The largest absolute Gasteiger partial charge is 0.452 e. The zero-order valence-corrected chi connectivity index (χ0v) is 17.8. The number of esters is 1. The molecule has 0 amide bonds. The summed E-state index contributed by atoms with van der Waals surface area (Å²) in [7, 11) is 0. The number of hydrogen-bond donors (Lipinski definition) is 0. The molecule has 0 bridgehead atoms. The van der Waals surface area contributed by atoms with E-state index in [1.165, 1.54) is 31.8 Å². The molecule has 4 heteroatoms. The number of ketones is 1. The van der Waals surface area contributed by atoms with Crippen LogP contribution in [0.15, 0.2) is 61.3 Å². The molecule has 1 aliphatic heterocycles. The molecule has 0 aromatic carbocycles. The smallest absolute Gasteiger partial charge is 0.343 e. The van der Waals surface area contributed by atoms with Gasteiger partial charge in [-0.15, -0.1) is 6.58 Å².